The second-order valence-corrected chi connectivity index (χ2v) is 5.59. The molecule has 1 amide bonds. The third-order valence-electron chi connectivity index (χ3n) is 3.45. The lowest BCUT2D eigenvalue weighted by Gasteiger charge is -2.04. The minimum absolute atomic E-state index is 0.00145. The summed E-state index contributed by atoms with van der Waals surface area (Å²) in [6, 6.07) is 17.2. The van der Waals surface area contributed by atoms with Gasteiger partial charge in [0.15, 0.2) is 0 Å². The Labute approximate surface area is 133 Å². The standard InChI is InChI=1S/C18H16ClNO2/c19-15-7-5-13(6-8-15)11-18(21)20-10-9-16-12-14-3-1-2-4-17(14)22-16/h1-8,12H,9-11H2,(H,20,21). The lowest BCUT2D eigenvalue weighted by Crippen LogP contribution is -2.27. The first-order chi connectivity index (χ1) is 10.7. The van der Waals surface area contributed by atoms with Gasteiger partial charge in [-0.15, -0.1) is 0 Å². The molecule has 22 heavy (non-hydrogen) atoms. The van der Waals surface area contributed by atoms with Gasteiger partial charge >= 0.3 is 0 Å². The van der Waals surface area contributed by atoms with Crippen LogP contribution in [0.15, 0.2) is 59.0 Å². The third kappa shape index (κ3) is 3.68. The Morgan fingerprint density at radius 3 is 2.64 bits per heavy atom. The fourth-order valence-corrected chi connectivity index (χ4v) is 2.46. The van der Waals surface area contributed by atoms with Gasteiger partial charge in [0.1, 0.15) is 11.3 Å². The van der Waals surface area contributed by atoms with E-state index in [2.05, 4.69) is 5.32 Å². The van der Waals surface area contributed by atoms with Gasteiger partial charge in [0.25, 0.3) is 0 Å². The lowest BCUT2D eigenvalue weighted by atomic mass is 10.1. The largest absolute Gasteiger partial charge is 0.461 e. The molecule has 0 saturated heterocycles. The first-order valence-corrected chi connectivity index (χ1v) is 7.57. The Kier molecular flexibility index (Phi) is 4.45. The highest BCUT2D eigenvalue weighted by Crippen LogP contribution is 2.18. The number of furan rings is 1. The number of para-hydroxylation sites is 1. The molecule has 0 radical (unpaired) electrons. The third-order valence-corrected chi connectivity index (χ3v) is 3.70. The van der Waals surface area contributed by atoms with Crippen molar-refractivity contribution in [3.05, 3.63) is 70.9 Å². The molecule has 3 rings (SSSR count). The van der Waals surface area contributed by atoms with Crippen LogP contribution >= 0.6 is 11.6 Å². The summed E-state index contributed by atoms with van der Waals surface area (Å²) < 4.78 is 5.72. The maximum atomic E-state index is 11.9. The van der Waals surface area contributed by atoms with E-state index in [1.54, 1.807) is 12.1 Å². The molecule has 2 aromatic carbocycles. The summed E-state index contributed by atoms with van der Waals surface area (Å²) in [5, 5.41) is 4.67. The van der Waals surface area contributed by atoms with E-state index in [0.717, 1.165) is 22.3 Å². The van der Waals surface area contributed by atoms with E-state index >= 15 is 0 Å². The number of hydrogen-bond acceptors (Lipinski definition) is 2. The predicted molar refractivity (Wildman–Crippen MR) is 88.1 cm³/mol. The lowest BCUT2D eigenvalue weighted by molar-refractivity contribution is -0.120. The van der Waals surface area contributed by atoms with Gasteiger partial charge in [-0.1, -0.05) is 41.9 Å². The summed E-state index contributed by atoms with van der Waals surface area (Å²) in [6.45, 7) is 0.562. The van der Waals surface area contributed by atoms with E-state index < -0.39 is 0 Å². The average Bonchev–Trinajstić information content (AvgIpc) is 2.92. The van der Waals surface area contributed by atoms with Crippen LogP contribution in [-0.2, 0) is 17.6 Å². The van der Waals surface area contributed by atoms with Crippen molar-refractivity contribution in [1.82, 2.24) is 5.32 Å². The molecular weight excluding hydrogens is 298 g/mol. The fourth-order valence-electron chi connectivity index (χ4n) is 2.34. The van der Waals surface area contributed by atoms with Crippen LogP contribution < -0.4 is 5.32 Å². The SMILES string of the molecule is O=C(Cc1ccc(Cl)cc1)NCCc1cc2ccccc2o1. The van der Waals surface area contributed by atoms with Crippen LogP contribution in [0.1, 0.15) is 11.3 Å². The van der Waals surface area contributed by atoms with Crippen molar-refractivity contribution in [3.63, 3.8) is 0 Å². The van der Waals surface area contributed by atoms with Gasteiger partial charge in [-0.2, -0.15) is 0 Å². The van der Waals surface area contributed by atoms with Crippen molar-refractivity contribution < 1.29 is 9.21 Å². The Hall–Kier alpha value is -2.26. The summed E-state index contributed by atoms with van der Waals surface area (Å²) in [7, 11) is 0. The molecule has 1 N–H and O–H groups in total. The zero-order chi connectivity index (χ0) is 15.4. The van der Waals surface area contributed by atoms with E-state index in [1.165, 1.54) is 0 Å². The number of fused-ring (bicyclic) bond motifs is 1. The highest BCUT2D eigenvalue weighted by molar-refractivity contribution is 6.30. The Balaban J connectivity index is 1.49. The number of carbonyl (C=O) groups is 1. The van der Waals surface area contributed by atoms with Crippen molar-refractivity contribution in [2.45, 2.75) is 12.8 Å². The quantitative estimate of drug-likeness (QED) is 0.774. The number of benzene rings is 2. The maximum absolute atomic E-state index is 11.9. The molecule has 0 aliphatic carbocycles. The molecule has 3 aromatic rings. The van der Waals surface area contributed by atoms with Crippen LogP contribution in [0.3, 0.4) is 0 Å². The van der Waals surface area contributed by atoms with Gasteiger partial charge in [-0.05, 0) is 29.8 Å². The molecule has 4 heteroatoms. The first kappa shape index (κ1) is 14.7. The van der Waals surface area contributed by atoms with Crippen LogP contribution in [0, 0.1) is 0 Å². The first-order valence-electron chi connectivity index (χ1n) is 7.19. The van der Waals surface area contributed by atoms with E-state index in [1.807, 2.05) is 42.5 Å². The molecule has 112 valence electrons. The van der Waals surface area contributed by atoms with E-state index in [4.69, 9.17) is 16.0 Å². The van der Waals surface area contributed by atoms with Gasteiger partial charge in [0, 0.05) is 23.4 Å². The monoisotopic (exact) mass is 313 g/mol. The molecule has 0 atom stereocenters. The smallest absolute Gasteiger partial charge is 0.224 e. The molecule has 1 heterocycles. The highest BCUT2D eigenvalue weighted by Gasteiger charge is 2.05. The van der Waals surface area contributed by atoms with Gasteiger partial charge in [0.05, 0.1) is 6.42 Å². The summed E-state index contributed by atoms with van der Waals surface area (Å²) >= 11 is 5.82. The second-order valence-electron chi connectivity index (χ2n) is 5.15. The molecule has 3 nitrogen and oxygen atoms in total. The fraction of sp³-hybridized carbons (Fsp3) is 0.167. The molecule has 0 saturated carbocycles. The molecule has 0 aliphatic heterocycles. The Bertz CT molecular complexity index is 744. The van der Waals surface area contributed by atoms with Gasteiger partial charge < -0.3 is 9.73 Å². The van der Waals surface area contributed by atoms with Crippen LogP contribution in [0.25, 0.3) is 11.0 Å². The molecule has 0 unspecified atom stereocenters. The van der Waals surface area contributed by atoms with Crippen molar-refractivity contribution in [3.8, 4) is 0 Å². The number of hydrogen-bond donors (Lipinski definition) is 1. The summed E-state index contributed by atoms with van der Waals surface area (Å²) in [4.78, 5) is 11.9. The summed E-state index contributed by atoms with van der Waals surface area (Å²) in [5.41, 5.74) is 1.83. The molecule has 1 aromatic heterocycles. The summed E-state index contributed by atoms with van der Waals surface area (Å²) in [5.74, 6) is 0.881. The van der Waals surface area contributed by atoms with Crippen molar-refractivity contribution in [2.75, 3.05) is 6.54 Å². The molecule has 0 spiro atoms. The Morgan fingerprint density at radius 1 is 1.09 bits per heavy atom. The van der Waals surface area contributed by atoms with Gasteiger partial charge in [0.2, 0.25) is 5.91 Å². The topological polar surface area (TPSA) is 42.2 Å². The number of nitrogens with one attached hydrogen (secondary N) is 1. The molecule has 0 fully saturated rings. The number of rotatable bonds is 5. The Morgan fingerprint density at radius 2 is 1.86 bits per heavy atom. The van der Waals surface area contributed by atoms with Gasteiger partial charge in [-0.25, -0.2) is 0 Å². The second kappa shape index (κ2) is 6.67. The molecular formula is C18H16ClNO2. The molecule has 0 aliphatic rings. The zero-order valence-electron chi connectivity index (χ0n) is 12.0. The number of halogens is 1. The molecule has 0 bridgehead atoms. The van der Waals surface area contributed by atoms with E-state index in [9.17, 15) is 4.79 Å². The maximum Gasteiger partial charge on any atom is 0.224 e. The summed E-state index contributed by atoms with van der Waals surface area (Å²) in [6.07, 6.45) is 1.04. The predicted octanol–water partition coefficient (Wildman–Crippen LogP) is 3.99. The van der Waals surface area contributed by atoms with E-state index in [-0.39, 0.29) is 5.91 Å². The minimum Gasteiger partial charge on any atom is -0.461 e. The van der Waals surface area contributed by atoms with Crippen LogP contribution in [-0.4, -0.2) is 12.5 Å². The van der Waals surface area contributed by atoms with E-state index in [0.29, 0.717) is 24.4 Å². The highest BCUT2D eigenvalue weighted by atomic mass is 35.5. The van der Waals surface area contributed by atoms with Crippen LogP contribution in [0.4, 0.5) is 0 Å². The number of amides is 1. The minimum atomic E-state index is -0.00145. The number of carbonyl (C=O) groups excluding carboxylic acids is 1. The normalized spacial score (nSPS) is 10.8. The van der Waals surface area contributed by atoms with Crippen molar-refractivity contribution in [1.29, 1.82) is 0 Å². The zero-order valence-corrected chi connectivity index (χ0v) is 12.8. The van der Waals surface area contributed by atoms with Crippen LogP contribution in [0.5, 0.6) is 0 Å². The van der Waals surface area contributed by atoms with Crippen molar-refractivity contribution >= 4 is 28.5 Å². The van der Waals surface area contributed by atoms with Crippen LogP contribution in [0.2, 0.25) is 5.02 Å². The average molecular weight is 314 g/mol. The van der Waals surface area contributed by atoms with Crippen molar-refractivity contribution in [2.24, 2.45) is 0 Å². The van der Waals surface area contributed by atoms with Gasteiger partial charge in [-0.3, -0.25) is 4.79 Å².